The van der Waals surface area contributed by atoms with Crippen LogP contribution in [0.25, 0.3) is 0 Å². The average Bonchev–Trinajstić information content (AvgIpc) is 2.42. The van der Waals surface area contributed by atoms with E-state index in [-0.39, 0.29) is 0 Å². The minimum atomic E-state index is -4.44. The molecule has 0 aromatic heterocycles. The Morgan fingerprint density at radius 2 is 1.62 bits per heavy atom. The van der Waals surface area contributed by atoms with Crippen molar-refractivity contribution in [1.29, 1.82) is 0 Å². The zero-order valence-corrected chi connectivity index (χ0v) is 16.8. The Balaban J connectivity index is 4.46. The molecule has 4 nitrogen and oxygen atoms in total. The molecule has 0 heterocycles. The van der Waals surface area contributed by atoms with E-state index in [1.807, 2.05) is 19.9 Å². The highest BCUT2D eigenvalue weighted by Crippen LogP contribution is 2.39. The molecule has 1 unspecified atom stereocenters. The summed E-state index contributed by atoms with van der Waals surface area (Å²) >= 11 is 0. The third-order valence-corrected chi connectivity index (χ3v) is 4.25. The summed E-state index contributed by atoms with van der Waals surface area (Å²) in [6, 6.07) is 0. The molecule has 24 heavy (non-hydrogen) atoms. The largest absolute Gasteiger partial charge is 0.470 e. The molecule has 0 saturated heterocycles. The maximum Gasteiger partial charge on any atom is 0.470 e. The molecule has 0 aromatic rings. The van der Waals surface area contributed by atoms with Gasteiger partial charge in [-0.05, 0) is 59.8 Å². The van der Waals surface area contributed by atoms with E-state index in [0.29, 0.717) is 6.42 Å². The zero-order chi connectivity index (χ0) is 18.6. The Labute approximate surface area is 147 Å². The number of hydrogen-bond donors (Lipinski definition) is 2. The Kier molecular flexibility index (Phi) is 12.3. The van der Waals surface area contributed by atoms with E-state index in [4.69, 9.17) is 14.3 Å². The van der Waals surface area contributed by atoms with Crippen molar-refractivity contribution in [2.45, 2.75) is 85.7 Å². The summed E-state index contributed by atoms with van der Waals surface area (Å²) in [5.41, 5.74) is 3.84. The van der Waals surface area contributed by atoms with Crippen molar-refractivity contribution >= 4 is 7.82 Å². The quantitative estimate of drug-likeness (QED) is 0.328. The van der Waals surface area contributed by atoms with E-state index >= 15 is 0 Å². The highest BCUT2D eigenvalue weighted by atomic mass is 31.2. The molecule has 140 valence electrons. The minimum Gasteiger partial charge on any atom is -0.303 e. The first-order valence-corrected chi connectivity index (χ1v) is 10.4. The average molecular weight is 358 g/mol. The van der Waals surface area contributed by atoms with Crippen molar-refractivity contribution in [2.75, 3.05) is 0 Å². The van der Waals surface area contributed by atoms with Gasteiger partial charge in [0.25, 0.3) is 0 Å². The zero-order valence-electron chi connectivity index (χ0n) is 15.9. The second-order valence-electron chi connectivity index (χ2n) is 6.70. The summed E-state index contributed by atoms with van der Waals surface area (Å²) in [6.45, 7) is 10.4. The van der Waals surface area contributed by atoms with Gasteiger partial charge in [0.1, 0.15) is 0 Å². The lowest BCUT2D eigenvalue weighted by Gasteiger charge is -2.15. The number of rotatable bonds is 12. The summed E-state index contributed by atoms with van der Waals surface area (Å²) in [7, 11) is -4.44. The SMILES string of the molecule is CCCCC(C=C(C)CCC=C(C)CCC=C(C)C)OP(=O)(O)O. The van der Waals surface area contributed by atoms with Crippen molar-refractivity contribution in [2.24, 2.45) is 0 Å². The molecule has 0 amide bonds. The lowest BCUT2D eigenvalue weighted by atomic mass is 10.0. The van der Waals surface area contributed by atoms with Crippen molar-refractivity contribution in [1.82, 2.24) is 0 Å². The second-order valence-corrected chi connectivity index (χ2v) is 7.89. The highest BCUT2D eigenvalue weighted by Gasteiger charge is 2.20. The molecule has 0 radical (unpaired) electrons. The molecule has 0 bridgehead atoms. The van der Waals surface area contributed by atoms with Crippen molar-refractivity contribution in [3.63, 3.8) is 0 Å². The van der Waals surface area contributed by atoms with Gasteiger partial charge >= 0.3 is 7.82 Å². The van der Waals surface area contributed by atoms with Crippen LogP contribution in [0.4, 0.5) is 0 Å². The molecule has 1 atom stereocenters. The Morgan fingerprint density at radius 1 is 1.04 bits per heavy atom. The van der Waals surface area contributed by atoms with E-state index in [1.165, 1.54) is 11.1 Å². The van der Waals surface area contributed by atoms with Gasteiger partial charge in [0, 0.05) is 0 Å². The standard InChI is InChI=1S/C19H35O4P/c1-6-7-14-19(23-24(20,21)22)15-18(5)13-9-12-17(4)11-8-10-16(2)3/h10,12,15,19H,6-9,11,13-14H2,1-5H3,(H2,20,21,22). The fraction of sp³-hybridized carbons (Fsp3) is 0.684. The first-order valence-electron chi connectivity index (χ1n) is 8.84. The Hall–Kier alpha value is -0.670. The molecule has 0 fully saturated rings. The first-order chi connectivity index (χ1) is 11.1. The van der Waals surface area contributed by atoms with Crippen LogP contribution in [-0.4, -0.2) is 15.9 Å². The molecule has 0 spiro atoms. The van der Waals surface area contributed by atoms with Gasteiger partial charge in [-0.3, -0.25) is 4.52 Å². The van der Waals surface area contributed by atoms with Crippen LogP contribution in [0.5, 0.6) is 0 Å². The molecular formula is C19H35O4P. The summed E-state index contributed by atoms with van der Waals surface area (Å²) in [4.78, 5) is 18.0. The van der Waals surface area contributed by atoms with Crippen LogP contribution in [0.3, 0.4) is 0 Å². The summed E-state index contributed by atoms with van der Waals surface area (Å²) in [5, 5.41) is 0. The molecule has 2 N–H and O–H groups in total. The Bertz CT molecular complexity index is 482. The minimum absolute atomic E-state index is 0.506. The lowest BCUT2D eigenvalue weighted by molar-refractivity contribution is 0.153. The van der Waals surface area contributed by atoms with Crippen LogP contribution in [0.2, 0.25) is 0 Å². The van der Waals surface area contributed by atoms with Crippen LogP contribution >= 0.6 is 7.82 Å². The second kappa shape index (κ2) is 12.7. The van der Waals surface area contributed by atoms with Gasteiger partial charge < -0.3 is 9.79 Å². The smallest absolute Gasteiger partial charge is 0.303 e. The summed E-state index contributed by atoms with van der Waals surface area (Å²) in [6.07, 6.45) is 12.3. The fourth-order valence-electron chi connectivity index (χ4n) is 2.39. The third kappa shape index (κ3) is 14.9. The van der Waals surface area contributed by atoms with Gasteiger partial charge in [-0.15, -0.1) is 0 Å². The predicted octanol–water partition coefficient (Wildman–Crippen LogP) is 6.07. The van der Waals surface area contributed by atoms with Crippen molar-refractivity contribution in [3.05, 3.63) is 34.9 Å². The van der Waals surface area contributed by atoms with E-state index in [0.717, 1.165) is 44.1 Å². The summed E-state index contributed by atoms with van der Waals surface area (Å²) in [5.74, 6) is 0. The van der Waals surface area contributed by atoms with Gasteiger partial charge in [-0.25, -0.2) is 4.57 Å². The first kappa shape index (κ1) is 23.3. The molecule has 0 saturated carbocycles. The molecule has 0 aliphatic carbocycles. The van der Waals surface area contributed by atoms with E-state index in [1.54, 1.807) is 0 Å². The van der Waals surface area contributed by atoms with Gasteiger partial charge in [0.15, 0.2) is 0 Å². The lowest BCUT2D eigenvalue weighted by Crippen LogP contribution is -2.09. The van der Waals surface area contributed by atoms with Crippen LogP contribution < -0.4 is 0 Å². The van der Waals surface area contributed by atoms with Crippen LogP contribution in [0.15, 0.2) is 34.9 Å². The third-order valence-electron chi connectivity index (χ3n) is 3.71. The van der Waals surface area contributed by atoms with Gasteiger partial charge in [0.05, 0.1) is 6.10 Å². The van der Waals surface area contributed by atoms with Crippen molar-refractivity contribution in [3.8, 4) is 0 Å². The summed E-state index contributed by atoms with van der Waals surface area (Å²) < 4.78 is 15.9. The number of phosphoric ester groups is 1. The van der Waals surface area contributed by atoms with E-state index in [2.05, 4.69) is 32.9 Å². The van der Waals surface area contributed by atoms with Crippen LogP contribution in [0.1, 0.15) is 79.6 Å². The van der Waals surface area contributed by atoms with E-state index < -0.39 is 13.9 Å². The molecule has 0 aromatic carbocycles. The van der Waals surface area contributed by atoms with E-state index in [9.17, 15) is 4.57 Å². The fourth-order valence-corrected chi connectivity index (χ4v) is 2.90. The number of phosphoric acid groups is 1. The molecule has 5 heteroatoms. The van der Waals surface area contributed by atoms with Gasteiger partial charge in [-0.1, -0.05) is 54.7 Å². The number of hydrogen-bond acceptors (Lipinski definition) is 2. The monoisotopic (exact) mass is 358 g/mol. The maximum atomic E-state index is 11.1. The number of unbranched alkanes of at least 4 members (excludes halogenated alkanes) is 1. The number of allylic oxidation sites excluding steroid dienone is 5. The topological polar surface area (TPSA) is 66.8 Å². The molecule has 0 aliphatic heterocycles. The normalized spacial score (nSPS) is 14.6. The predicted molar refractivity (Wildman–Crippen MR) is 102 cm³/mol. The van der Waals surface area contributed by atoms with Gasteiger partial charge in [0.2, 0.25) is 0 Å². The maximum absolute atomic E-state index is 11.1. The van der Waals surface area contributed by atoms with Crippen LogP contribution in [-0.2, 0) is 9.09 Å². The molecule has 0 aliphatic rings. The molecule has 0 rings (SSSR count). The van der Waals surface area contributed by atoms with Gasteiger partial charge in [-0.2, -0.15) is 0 Å². The molecular weight excluding hydrogens is 323 g/mol. The highest BCUT2D eigenvalue weighted by molar-refractivity contribution is 7.46. The van der Waals surface area contributed by atoms with Crippen molar-refractivity contribution < 1.29 is 18.9 Å². The Morgan fingerprint density at radius 3 is 2.17 bits per heavy atom. The van der Waals surface area contributed by atoms with Crippen LogP contribution in [0, 0.1) is 0 Å².